The minimum Gasteiger partial charge on any atom is -1.00 e. The Kier molecular flexibility index (Phi) is 6.54. The lowest BCUT2D eigenvalue weighted by Crippen LogP contribution is -3.00. The van der Waals surface area contributed by atoms with Gasteiger partial charge in [0.25, 0.3) is 0 Å². The maximum absolute atomic E-state index is 11.6. The number of hydrogen-bond acceptors (Lipinski definition) is 2. The van der Waals surface area contributed by atoms with Crippen molar-refractivity contribution in [2.75, 3.05) is 20.6 Å². The van der Waals surface area contributed by atoms with Crippen molar-refractivity contribution in [1.82, 2.24) is 4.90 Å². The Labute approximate surface area is 132 Å². The number of terminal acetylenes is 1. The lowest BCUT2D eigenvalue weighted by molar-refractivity contribution is -0.687. The Hall–Kier alpha value is -1.70. The molecule has 1 atom stereocenters. The number of halogens is 1. The summed E-state index contributed by atoms with van der Waals surface area (Å²) >= 11 is 0. The molecule has 4 nitrogen and oxygen atoms in total. The van der Waals surface area contributed by atoms with Crippen molar-refractivity contribution in [2.45, 2.75) is 25.3 Å². The molecule has 0 saturated carbocycles. The van der Waals surface area contributed by atoms with E-state index in [1.165, 1.54) is 22.4 Å². The van der Waals surface area contributed by atoms with Crippen molar-refractivity contribution in [3.05, 3.63) is 29.3 Å². The van der Waals surface area contributed by atoms with E-state index in [2.05, 4.69) is 17.3 Å². The van der Waals surface area contributed by atoms with Crippen LogP contribution in [0.25, 0.3) is 0 Å². The second-order valence-electron chi connectivity index (χ2n) is 5.27. The third-order valence-corrected chi connectivity index (χ3v) is 3.57. The van der Waals surface area contributed by atoms with E-state index in [-0.39, 0.29) is 18.5 Å². The average molecular weight is 309 g/mol. The van der Waals surface area contributed by atoms with Crippen LogP contribution in [0.5, 0.6) is 5.75 Å². The molecule has 1 aliphatic rings. The molecular weight excluding hydrogens is 288 g/mol. The van der Waals surface area contributed by atoms with E-state index in [1.54, 1.807) is 14.1 Å². The van der Waals surface area contributed by atoms with Gasteiger partial charge in [-0.3, -0.25) is 0 Å². The lowest BCUT2D eigenvalue weighted by atomic mass is 9.87. The van der Waals surface area contributed by atoms with Gasteiger partial charge >= 0.3 is 6.09 Å². The zero-order valence-corrected chi connectivity index (χ0v) is 13.2. The second-order valence-corrected chi connectivity index (χ2v) is 5.27. The Morgan fingerprint density at radius 3 is 2.95 bits per heavy atom. The summed E-state index contributed by atoms with van der Waals surface area (Å²) in [5.41, 5.74) is 2.58. The van der Waals surface area contributed by atoms with Crippen LogP contribution in [0.1, 0.15) is 30.0 Å². The zero-order valence-electron chi connectivity index (χ0n) is 12.4. The molecule has 0 spiro atoms. The molecule has 0 heterocycles. The molecule has 1 aromatic rings. The molecule has 114 valence electrons. The van der Waals surface area contributed by atoms with Crippen LogP contribution in [0.4, 0.5) is 4.79 Å². The second kappa shape index (κ2) is 7.92. The van der Waals surface area contributed by atoms with Crippen LogP contribution in [-0.2, 0) is 6.42 Å². The van der Waals surface area contributed by atoms with Crippen LogP contribution in [0, 0.1) is 12.3 Å². The minimum absolute atomic E-state index is 0. The number of nitrogens with zero attached hydrogens (tertiary/aromatic N) is 1. The molecule has 1 unspecified atom stereocenters. The Morgan fingerprint density at radius 1 is 1.52 bits per heavy atom. The normalized spacial score (nSPS) is 16.1. The van der Waals surface area contributed by atoms with Crippen molar-refractivity contribution >= 4 is 6.09 Å². The van der Waals surface area contributed by atoms with Gasteiger partial charge in [-0.05, 0) is 36.5 Å². The quantitative estimate of drug-likeness (QED) is 0.679. The maximum atomic E-state index is 11.6. The number of ether oxygens (including phenoxy) is 1. The van der Waals surface area contributed by atoms with Gasteiger partial charge in [0.15, 0.2) is 0 Å². The fourth-order valence-electron chi connectivity index (χ4n) is 2.52. The third-order valence-electron chi connectivity index (χ3n) is 3.57. The Bertz CT molecular complexity index is 538. The first-order chi connectivity index (χ1) is 9.61. The number of rotatable bonds is 3. The molecule has 1 aromatic carbocycles. The van der Waals surface area contributed by atoms with E-state index < -0.39 is 0 Å². The topological polar surface area (TPSA) is 46.1 Å². The number of carbonyl (C=O) groups excluding carboxylic acids is 1. The SMILES string of the molecule is C#CC[NH2+]C1CCCc2ccc(OC(=O)N(C)C)cc21.[Cl-]. The molecule has 2 rings (SSSR count). The van der Waals surface area contributed by atoms with Crippen molar-refractivity contribution in [3.63, 3.8) is 0 Å². The number of benzene rings is 1. The summed E-state index contributed by atoms with van der Waals surface area (Å²) in [5.74, 6) is 3.26. The number of carbonyl (C=O) groups is 1. The molecular formula is C16H21ClN2O2. The van der Waals surface area contributed by atoms with E-state index >= 15 is 0 Å². The third kappa shape index (κ3) is 4.38. The number of nitrogens with two attached hydrogens (primary N) is 1. The van der Waals surface area contributed by atoms with Gasteiger partial charge < -0.3 is 27.4 Å². The van der Waals surface area contributed by atoms with Crippen LogP contribution in [-0.4, -0.2) is 31.6 Å². The molecule has 0 bridgehead atoms. The van der Waals surface area contributed by atoms with E-state index in [4.69, 9.17) is 11.2 Å². The van der Waals surface area contributed by atoms with Gasteiger partial charge in [0.05, 0.1) is 0 Å². The van der Waals surface area contributed by atoms with E-state index in [9.17, 15) is 4.79 Å². The standard InChI is InChI=1S/C16H20N2O2.ClH/c1-4-10-17-15-7-5-6-12-8-9-13(11-14(12)15)20-16(19)18(2)3;/h1,8-9,11,15,17H,5-7,10H2,2-3H3;1H. The van der Waals surface area contributed by atoms with Crippen LogP contribution < -0.4 is 22.5 Å². The summed E-state index contributed by atoms with van der Waals surface area (Å²) in [6, 6.07) is 6.27. The highest BCUT2D eigenvalue weighted by atomic mass is 35.5. The smallest absolute Gasteiger partial charge is 0.414 e. The molecule has 0 aliphatic heterocycles. The van der Waals surface area contributed by atoms with Gasteiger partial charge in [0, 0.05) is 26.1 Å². The highest BCUT2D eigenvalue weighted by Crippen LogP contribution is 2.30. The number of amides is 1. The summed E-state index contributed by atoms with van der Waals surface area (Å²) in [5, 5.41) is 2.18. The summed E-state index contributed by atoms with van der Waals surface area (Å²) in [6.07, 6.45) is 8.35. The molecule has 5 heteroatoms. The monoisotopic (exact) mass is 308 g/mol. The fourth-order valence-corrected chi connectivity index (χ4v) is 2.52. The van der Waals surface area contributed by atoms with Crippen LogP contribution >= 0.6 is 0 Å². The lowest BCUT2D eigenvalue weighted by Gasteiger charge is -2.24. The van der Waals surface area contributed by atoms with Crippen molar-refractivity contribution in [3.8, 4) is 18.1 Å². The van der Waals surface area contributed by atoms with Crippen molar-refractivity contribution in [1.29, 1.82) is 0 Å². The molecule has 0 fully saturated rings. The van der Waals surface area contributed by atoms with Gasteiger partial charge in [0.2, 0.25) is 0 Å². The number of aryl methyl sites for hydroxylation is 1. The summed E-state index contributed by atoms with van der Waals surface area (Å²) < 4.78 is 5.33. The molecule has 0 radical (unpaired) electrons. The summed E-state index contributed by atoms with van der Waals surface area (Å²) in [7, 11) is 3.34. The highest BCUT2D eigenvalue weighted by molar-refractivity contribution is 5.70. The number of hydrogen-bond donors (Lipinski definition) is 1. The maximum Gasteiger partial charge on any atom is 0.414 e. The number of fused-ring (bicyclic) bond motifs is 1. The van der Waals surface area contributed by atoms with E-state index in [0.717, 1.165) is 12.8 Å². The number of quaternary nitrogens is 1. The predicted octanol–water partition coefficient (Wildman–Crippen LogP) is -1.67. The van der Waals surface area contributed by atoms with Crippen LogP contribution in [0.2, 0.25) is 0 Å². The van der Waals surface area contributed by atoms with Crippen molar-refractivity contribution in [2.24, 2.45) is 0 Å². The van der Waals surface area contributed by atoms with Gasteiger partial charge in [-0.2, -0.15) is 0 Å². The fraction of sp³-hybridized carbons (Fsp3) is 0.438. The first-order valence-corrected chi connectivity index (χ1v) is 6.90. The van der Waals surface area contributed by atoms with Gasteiger partial charge in [0.1, 0.15) is 18.3 Å². The van der Waals surface area contributed by atoms with Gasteiger partial charge in [-0.25, -0.2) is 4.79 Å². The van der Waals surface area contributed by atoms with Gasteiger partial charge in [-0.1, -0.05) is 6.07 Å². The Morgan fingerprint density at radius 2 is 2.29 bits per heavy atom. The molecule has 1 aliphatic carbocycles. The summed E-state index contributed by atoms with van der Waals surface area (Å²) in [6.45, 7) is 0.672. The summed E-state index contributed by atoms with van der Waals surface area (Å²) in [4.78, 5) is 13.0. The largest absolute Gasteiger partial charge is 1.00 e. The minimum atomic E-state index is -0.357. The predicted molar refractivity (Wildman–Crippen MR) is 77.5 cm³/mol. The first-order valence-electron chi connectivity index (χ1n) is 6.90. The highest BCUT2D eigenvalue weighted by Gasteiger charge is 2.23. The molecule has 1 amide bonds. The van der Waals surface area contributed by atoms with Crippen molar-refractivity contribution < 1.29 is 27.3 Å². The molecule has 0 aromatic heterocycles. The molecule has 2 N–H and O–H groups in total. The molecule has 21 heavy (non-hydrogen) atoms. The van der Waals surface area contributed by atoms with Crippen LogP contribution in [0.3, 0.4) is 0 Å². The average Bonchev–Trinajstić information content (AvgIpc) is 2.44. The Balaban J connectivity index is 0.00000220. The van der Waals surface area contributed by atoms with Gasteiger partial charge in [-0.15, -0.1) is 6.42 Å². The molecule has 0 saturated heterocycles. The van der Waals surface area contributed by atoms with Crippen LogP contribution in [0.15, 0.2) is 18.2 Å². The first kappa shape index (κ1) is 17.4. The van der Waals surface area contributed by atoms with E-state index in [0.29, 0.717) is 18.3 Å². The van der Waals surface area contributed by atoms with E-state index in [1.807, 2.05) is 12.1 Å². The zero-order chi connectivity index (χ0) is 14.5.